The number of alkyl halides is 3. The maximum absolute atomic E-state index is 14.7. The van der Waals surface area contributed by atoms with Crippen molar-refractivity contribution in [2.45, 2.75) is 42.7 Å². The van der Waals surface area contributed by atoms with Gasteiger partial charge in [-0.3, -0.25) is 0 Å². The smallest absolute Gasteiger partial charge is 0.410 e. The highest BCUT2D eigenvalue weighted by Crippen LogP contribution is 2.37. The van der Waals surface area contributed by atoms with Crippen molar-refractivity contribution >= 4 is 15.9 Å². The fourth-order valence-corrected chi connectivity index (χ4v) is 2.96. The lowest BCUT2D eigenvalue weighted by Gasteiger charge is -2.44. The first-order valence-electron chi connectivity index (χ1n) is 7.15. The van der Waals surface area contributed by atoms with E-state index in [1.54, 1.807) is 20.8 Å². The maximum Gasteiger partial charge on any atom is 0.410 e. The third kappa shape index (κ3) is 3.66. The molecule has 1 amide bonds. The molecule has 1 aliphatic rings. The topological polar surface area (TPSA) is 63.7 Å². The zero-order valence-electron chi connectivity index (χ0n) is 13.4. The van der Waals surface area contributed by atoms with E-state index in [0.29, 0.717) is 0 Å². The zero-order chi connectivity index (χ0) is 18.3. The lowest BCUT2D eigenvalue weighted by molar-refractivity contribution is -0.0537. The number of benzene rings is 1. The molecule has 1 aliphatic heterocycles. The molecule has 0 unspecified atom stereocenters. The number of rotatable bonds is 3. The molecule has 5 nitrogen and oxygen atoms in total. The number of carbonyl (C=O) groups is 1. The molecular formula is C15H18F3NO4S. The van der Waals surface area contributed by atoms with E-state index in [9.17, 15) is 26.4 Å². The Morgan fingerprint density at radius 3 is 2.12 bits per heavy atom. The van der Waals surface area contributed by atoms with Crippen LogP contribution in [0.2, 0.25) is 0 Å². The number of nitrogens with zero attached hydrogens (tertiary/aromatic N) is 1. The van der Waals surface area contributed by atoms with Gasteiger partial charge in [-0.1, -0.05) is 12.1 Å². The van der Waals surface area contributed by atoms with E-state index in [1.807, 2.05) is 0 Å². The van der Waals surface area contributed by atoms with Crippen molar-refractivity contribution in [3.05, 3.63) is 29.8 Å². The van der Waals surface area contributed by atoms with E-state index in [2.05, 4.69) is 0 Å². The van der Waals surface area contributed by atoms with Crippen LogP contribution in [0.5, 0.6) is 0 Å². The van der Waals surface area contributed by atoms with Gasteiger partial charge in [-0.05, 0) is 38.5 Å². The van der Waals surface area contributed by atoms with E-state index in [-0.39, 0.29) is 18.7 Å². The summed E-state index contributed by atoms with van der Waals surface area (Å²) in [6, 6.07) is 4.16. The largest absolute Gasteiger partial charge is 0.444 e. The number of ether oxygens (including phenoxy) is 1. The first-order valence-corrected chi connectivity index (χ1v) is 8.69. The Morgan fingerprint density at radius 2 is 1.71 bits per heavy atom. The standard InChI is InChI=1S/C15H18F3NO4S/c1-14(2,3)23-13(20)19-8-15(18,9-19)10-4-6-11(7-5-10)24(21,22)12(16)17/h4-7,12H,8-9H2,1-3H3. The van der Waals surface area contributed by atoms with Crippen LogP contribution < -0.4 is 0 Å². The molecule has 1 saturated heterocycles. The minimum absolute atomic E-state index is 0.121. The lowest BCUT2D eigenvalue weighted by Crippen LogP contribution is -2.59. The van der Waals surface area contributed by atoms with Gasteiger partial charge in [-0.15, -0.1) is 0 Å². The van der Waals surface area contributed by atoms with E-state index in [4.69, 9.17) is 4.74 Å². The van der Waals surface area contributed by atoms with Crippen molar-refractivity contribution in [2.75, 3.05) is 13.1 Å². The molecule has 0 radical (unpaired) electrons. The summed E-state index contributed by atoms with van der Waals surface area (Å²) < 4.78 is 67.4. The fraction of sp³-hybridized carbons (Fsp3) is 0.533. The molecule has 0 saturated carbocycles. The van der Waals surface area contributed by atoms with E-state index < -0.39 is 37.9 Å². The minimum Gasteiger partial charge on any atom is -0.444 e. The molecule has 0 spiro atoms. The van der Waals surface area contributed by atoms with Crippen LogP contribution >= 0.6 is 0 Å². The van der Waals surface area contributed by atoms with Gasteiger partial charge in [0.2, 0.25) is 9.84 Å². The molecule has 0 aliphatic carbocycles. The second-order valence-corrected chi connectivity index (χ2v) is 8.55. The van der Waals surface area contributed by atoms with Crippen LogP contribution in [0, 0.1) is 0 Å². The molecule has 24 heavy (non-hydrogen) atoms. The number of halogens is 3. The Hall–Kier alpha value is -1.77. The number of amides is 1. The van der Waals surface area contributed by atoms with Gasteiger partial charge in [0, 0.05) is 0 Å². The summed E-state index contributed by atoms with van der Waals surface area (Å²) in [5.41, 5.74) is -2.43. The molecule has 1 heterocycles. The molecule has 0 N–H and O–H groups in total. The average Bonchev–Trinajstić information content (AvgIpc) is 2.42. The summed E-state index contributed by atoms with van der Waals surface area (Å²) in [5, 5.41) is 0. The summed E-state index contributed by atoms with van der Waals surface area (Å²) in [5.74, 6) is -3.53. The molecule has 0 aromatic heterocycles. The van der Waals surface area contributed by atoms with Gasteiger partial charge >= 0.3 is 11.9 Å². The minimum atomic E-state index is -4.71. The highest BCUT2D eigenvalue weighted by Gasteiger charge is 2.48. The van der Waals surface area contributed by atoms with Crippen molar-refractivity contribution in [2.24, 2.45) is 0 Å². The van der Waals surface area contributed by atoms with Gasteiger partial charge in [0.1, 0.15) is 5.60 Å². The van der Waals surface area contributed by atoms with Crippen molar-refractivity contribution in [3.8, 4) is 0 Å². The van der Waals surface area contributed by atoms with Gasteiger partial charge < -0.3 is 9.64 Å². The van der Waals surface area contributed by atoms with E-state index in [1.165, 1.54) is 4.90 Å². The number of sulfone groups is 1. The van der Waals surface area contributed by atoms with Crippen LogP contribution in [0.1, 0.15) is 26.3 Å². The molecule has 9 heteroatoms. The Kier molecular flexibility index (Phi) is 4.60. The average molecular weight is 365 g/mol. The highest BCUT2D eigenvalue weighted by atomic mass is 32.2. The molecule has 1 aromatic rings. The predicted molar refractivity (Wildman–Crippen MR) is 80.2 cm³/mol. The fourth-order valence-electron chi connectivity index (χ4n) is 2.24. The van der Waals surface area contributed by atoms with Crippen molar-refractivity contribution < 1.29 is 31.1 Å². The molecule has 1 fully saturated rings. The first-order chi connectivity index (χ1) is 10.8. The van der Waals surface area contributed by atoms with Gasteiger partial charge in [0.25, 0.3) is 0 Å². The van der Waals surface area contributed by atoms with Gasteiger partial charge in [-0.25, -0.2) is 17.6 Å². The second-order valence-electron chi connectivity index (χ2n) is 6.63. The van der Waals surface area contributed by atoms with Gasteiger partial charge in [-0.2, -0.15) is 8.78 Å². The zero-order valence-corrected chi connectivity index (χ0v) is 14.2. The number of likely N-dealkylation sites (tertiary alicyclic amines) is 1. The van der Waals surface area contributed by atoms with Crippen LogP contribution in [-0.4, -0.2) is 43.9 Å². The normalized spacial score (nSPS) is 17.5. The van der Waals surface area contributed by atoms with Gasteiger partial charge in [0.05, 0.1) is 18.0 Å². The molecule has 134 valence electrons. The monoisotopic (exact) mass is 365 g/mol. The van der Waals surface area contributed by atoms with Crippen LogP contribution in [0.15, 0.2) is 29.2 Å². The Balaban J connectivity index is 2.08. The van der Waals surface area contributed by atoms with Crippen LogP contribution in [-0.2, 0) is 20.2 Å². The van der Waals surface area contributed by atoms with Crippen LogP contribution in [0.25, 0.3) is 0 Å². The predicted octanol–water partition coefficient (Wildman–Crippen LogP) is 3.10. The van der Waals surface area contributed by atoms with E-state index in [0.717, 1.165) is 24.3 Å². The summed E-state index contributed by atoms with van der Waals surface area (Å²) >= 11 is 0. The van der Waals surface area contributed by atoms with Crippen molar-refractivity contribution in [1.29, 1.82) is 0 Å². The Labute approximate surface area is 138 Å². The first kappa shape index (κ1) is 18.6. The Morgan fingerprint density at radius 1 is 1.21 bits per heavy atom. The summed E-state index contributed by atoms with van der Waals surface area (Å²) in [4.78, 5) is 12.4. The van der Waals surface area contributed by atoms with Crippen molar-refractivity contribution in [1.82, 2.24) is 4.90 Å². The highest BCUT2D eigenvalue weighted by molar-refractivity contribution is 7.91. The van der Waals surface area contributed by atoms with E-state index >= 15 is 0 Å². The summed E-state index contributed by atoms with van der Waals surface area (Å²) in [7, 11) is -4.71. The Bertz CT molecular complexity index is 720. The summed E-state index contributed by atoms with van der Waals surface area (Å²) in [6.45, 7) is 4.58. The molecule has 0 atom stereocenters. The van der Waals surface area contributed by atoms with Gasteiger partial charge in [0.15, 0.2) is 5.67 Å². The number of hydrogen-bond acceptors (Lipinski definition) is 4. The van der Waals surface area contributed by atoms with Crippen LogP contribution in [0.3, 0.4) is 0 Å². The quantitative estimate of drug-likeness (QED) is 0.826. The number of hydrogen-bond donors (Lipinski definition) is 0. The third-order valence-electron chi connectivity index (χ3n) is 3.47. The SMILES string of the molecule is CC(C)(C)OC(=O)N1CC(F)(c2ccc(S(=O)(=O)C(F)F)cc2)C1. The number of carbonyl (C=O) groups excluding carboxylic acids is 1. The molecule has 0 bridgehead atoms. The molecule has 2 rings (SSSR count). The molecular weight excluding hydrogens is 347 g/mol. The maximum atomic E-state index is 14.7. The molecule has 1 aromatic carbocycles. The third-order valence-corrected chi connectivity index (χ3v) is 4.87. The lowest BCUT2D eigenvalue weighted by atomic mass is 9.88. The van der Waals surface area contributed by atoms with Crippen LogP contribution in [0.4, 0.5) is 18.0 Å². The second kappa shape index (κ2) is 5.94. The van der Waals surface area contributed by atoms with Crippen molar-refractivity contribution in [3.63, 3.8) is 0 Å². The summed E-state index contributed by atoms with van der Waals surface area (Å²) in [6.07, 6.45) is -0.646.